The van der Waals surface area contributed by atoms with E-state index in [2.05, 4.69) is 50.3 Å². The van der Waals surface area contributed by atoms with Gasteiger partial charge in [0.25, 0.3) is 0 Å². The van der Waals surface area contributed by atoms with E-state index in [1.165, 1.54) is 63.4 Å². The zero-order valence-electron chi connectivity index (χ0n) is 17.7. The predicted octanol–water partition coefficient (Wildman–Crippen LogP) is 7.66. The minimum absolute atomic E-state index is 0.767. The Bertz CT molecular complexity index is 542. The van der Waals surface area contributed by atoms with Gasteiger partial charge in [0, 0.05) is 6.61 Å². The lowest BCUT2D eigenvalue weighted by Crippen LogP contribution is -2.25. The van der Waals surface area contributed by atoms with Crippen molar-refractivity contribution in [1.29, 1.82) is 0 Å². The summed E-state index contributed by atoms with van der Waals surface area (Å²) < 4.78 is 5.75. The number of rotatable bonds is 8. The molecule has 1 heteroatoms. The van der Waals surface area contributed by atoms with Crippen LogP contribution in [0.25, 0.3) is 0 Å². The fourth-order valence-corrected chi connectivity index (χ4v) is 5.33. The summed E-state index contributed by atoms with van der Waals surface area (Å²) in [5.74, 6) is 3.66. The van der Waals surface area contributed by atoms with Crippen LogP contribution in [0.2, 0.25) is 0 Å². The molecule has 0 saturated heterocycles. The minimum atomic E-state index is 0.767. The first-order valence-electron chi connectivity index (χ1n) is 11.6. The number of hydrogen-bond donors (Lipinski definition) is 0. The lowest BCUT2D eigenvalue weighted by molar-refractivity contribution is 0.118. The van der Waals surface area contributed by atoms with Crippen LogP contribution >= 0.6 is 0 Å². The van der Waals surface area contributed by atoms with Crippen LogP contribution in [0.4, 0.5) is 0 Å². The molecule has 2 fully saturated rings. The Balaban J connectivity index is 1.41. The van der Waals surface area contributed by atoms with Crippen molar-refractivity contribution in [3.05, 3.63) is 47.5 Å². The molecule has 0 N–H and O–H groups in total. The summed E-state index contributed by atoms with van der Waals surface area (Å²) in [7, 11) is 0. The molecular weight excluding hydrogens is 328 g/mol. The molecule has 0 heterocycles. The van der Waals surface area contributed by atoms with Gasteiger partial charge < -0.3 is 4.74 Å². The van der Waals surface area contributed by atoms with E-state index in [1.807, 2.05) is 0 Å². The zero-order valence-corrected chi connectivity index (χ0v) is 17.7. The Hall–Kier alpha value is -1.08. The number of hydrogen-bond acceptors (Lipinski definition) is 1. The van der Waals surface area contributed by atoms with Gasteiger partial charge in [0.1, 0.15) is 0 Å². The van der Waals surface area contributed by atoms with Gasteiger partial charge in [-0.3, -0.25) is 0 Å². The summed E-state index contributed by atoms with van der Waals surface area (Å²) in [6.45, 7) is 6.03. The highest BCUT2D eigenvalue weighted by molar-refractivity contribution is 5.25. The van der Waals surface area contributed by atoms with Crippen molar-refractivity contribution in [1.82, 2.24) is 0 Å². The molecule has 2 aliphatic carbocycles. The quantitative estimate of drug-likeness (QED) is 0.338. The van der Waals surface area contributed by atoms with Crippen LogP contribution in [-0.2, 0) is 11.3 Å². The molecule has 0 aromatic heterocycles. The summed E-state index contributed by atoms with van der Waals surface area (Å²) in [5, 5.41) is 0. The van der Waals surface area contributed by atoms with Gasteiger partial charge in [-0.05, 0) is 99.5 Å². The minimum Gasteiger partial charge on any atom is -0.377 e. The molecule has 0 radical (unpaired) electrons. The van der Waals surface area contributed by atoms with Gasteiger partial charge in [-0.2, -0.15) is 0 Å². The Labute approximate surface area is 167 Å². The van der Waals surface area contributed by atoms with Gasteiger partial charge in [-0.1, -0.05) is 49.8 Å². The molecule has 0 atom stereocenters. The van der Waals surface area contributed by atoms with E-state index in [9.17, 15) is 0 Å². The molecule has 0 bridgehead atoms. The van der Waals surface area contributed by atoms with Crippen LogP contribution in [0.5, 0.6) is 0 Å². The van der Waals surface area contributed by atoms with E-state index >= 15 is 0 Å². The smallest absolute Gasteiger partial charge is 0.0716 e. The molecule has 2 aliphatic rings. The summed E-state index contributed by atoms with van der Waals surface area (Å²) in [5.41, 5.74) is 2.88. The van der Waals surface area contributed by atoms with E-state index in [4.69, 9.17) is 4.74 Å². The van der Waals surface area contributed by atoms with Crippen molar-refractivity contribution in [2.45, 2.75) is 90.6 Å². The molecule has 0 spiro atoms. The molecule has 1 aromatic carbocycles. The molecule has 0 unspecified atom stereocenters. The highest BCUT2D eigenvalue weighted by Crippen LogP contribution is 2.44. The van der Waals surface area contributed by atoms with Crippen LogP contribution in [0.15, 0.2) is 36.4 Å². The molecule has 0 amide bonds. The Morgan fingerprint density at radius 1 is 0.889 bits per heavy atom. The van der Waals surface area contributed by atoms with Gasteiger partial charge in [-0.25, -0.2) is 0 Å². The van der Waals surface area contributed by atoms with E-state index < -0.39 is 0 Å². The molecule has 150 valence electrons. The van der Waals surface area contributed by atoms with E-state index in [1.54, 1.807) is 5.56 Å². The molecular formula is C26H40O. The fraction of sp³-hybridized carbons (Fsp3) is 0.692. The summed E-state index contributed by atoms with van der Waals surface area (Å²) in [6.07, 6.45) is 18.5. The maximum absolute atomic E-state index is 5.75. The van der Waals surface area contributed by atoms with Crippen molar-refractivity contribution < 1.29 is 4.74 Å². The van der Waals surface area contributed by atoms with Crippen molar-refractivity contribution in [3.63, 3.8) is 0 Å². The first kappa shape index (κ1) is 20.6. The average molecular weight is 369 g/mol. The Morgan fingerprint density at radius 3 is 2.11 bits per heavy atom. The lowest BCUT2D eigenvalue weighted by atomic mass is 9.68. The summed E-state index contributed by atoms with van der Waals surface area (Å²) >= 11 is 0. The first-order chi connectivity index (χ1) is 13.3. The average Bonchev–Trinajstić information content (AvgIpc) is 2.73. The van der Waals surface area contributed by atoms with Gasteiger partial charge in [0.05, 0.1) is 6.61 Å². The molecule has 2 saturated carbocycles. The summed E-state index contributed by atoms with van der Waals surface area (Å²) in [4.78, 5) is 0. The van der Waals surface area contributed by atoms with E-state index in [0.717, 1.165) is 43.3 Å². The van der Waals surface area contributed by atoms with Crippen molar-refractivity contribution in [2.75, 3.05) is 6.61 Å². The predicted molar refractivity (Wildman–Crippen MR) is 116 cm³/mol. The van der Waals surface area contributed by atoms with E-state index in [-0.39, 0.29) is 0 Å². The van der Waals surface area contributed by atoms with Crippen molar-refractivity contribution in [3.8, 4) is 0 Å². The molecule has 1 aromatic rings. The maximum atomic E-state index is 5.75. The largest absolute Gasteiger partial charge is 0.377 e. The van der Waals surface area contributed by atoms with Gasteiger partial charge >= 0.3 is 0 Å². The standard InChI is InChI=1S/C26H40O/c1-3-5-19-27-20-22-9-13-24(14-10-22)26-17-15-25(16-18-26)23-11-7-21(6-4-2)8-12-23/h4,6,9-10,13-14,21,23,25-26H,3,5,7-8,11-12,15-20H2,1-2H3/b6-4+/t21-,23-,25?,26?. The number of benzene rings is 1. The second-order valence-electron chi connectivity index (χ2n) is 8.96. The number of unbranched alkanes of at least 4 members (excludes halogenated alkanes) is 1. The van der Waals surface area contributed by atoms with Crippen LogP contribution in [0, 0.1) is 17.8 Å². The Morgan fingerprint density at radius 2 is 1.52 bits per heavy atom. The normalized spacial score (nSPS) is 29.3. The SMILES string of the molecule is C/C=C/[C@H]1CC[C@H](C2CCC(c3ccc(COCCCC)cc3)CC2)CC1. The van der Waals surface area contributed by atoms with Gasteiger partial charge in [0.15, 0.2) is 0 Å². The monoisotopic (exact) mass is 368 g/mol. The molecule has 27 heavy (non-hydrogen) atoms. The molecule has 3 rings (SSSR count). The second-order valence-corrected chi connectivity index (χ2v) is 8.96. The van der Waals surface area contributed by atoms with Gasteiger partial charge in [0.2, 0.25) is 0 Å². The van der Waals surface area contributed by atoms with Crippen molar-refractivity contribution in [2.24, 2.45) is 17.8 Å². The highest BCUT2D eigenvalue weighted by atomic mass is 16.5. The van der Waals surface area contributed by atoms with Crippen molar-refractivity contribution >= 4 is 0 Å². The second kappa shape index (κ2) is 11.1. The number of ether oxygens (including phenoxy) is 1. The third kappa shape index (κ3) is 6.21. The highest BCUT2D eigenvalue weighted by Gasteiger charge is 2.30. The first-order valence-corrected chi connectivity index (χ1v) is 11.6. The van der Waals surface area contributed by atoms with Gasteiger partial charge in [-0.15, -0.1) is 0 Å². The van der Waals surface area contributed by atoms with Crippen LogP contribution in [-0.4, -0.2) is 6.61 Å². The molecule has 0 aliphatic heterocycles. The van der Waals surface area contributed by atoms with Crippen LogP contribution in [0.1, 0.15) is 95.1 Å². The number of allylic oxidation sites excluding steroid dienone is 2. The van der Waals surface area contributed by atoms with Crippen LogP contribution < -0.4 is 0 Å². The van der Waals surface area contributed by atoms with Crippen LogP contribution in [0.3, 0.4) is 0 Å². The zero-order chi connectivity index (χ0) is 18.9. The van der Waals surface area contributed by atoms with E-state index in [0.29, 0.717) is 0 Å². The third-order valence-corrected chi connectivity index (χ3v) is 7.08. The third-order valence-electron chi connectivity index (χ3n) is 7.08. The maximum Gasteiger partial charge on any atom is 0.0716 e. The fourth-order valence-electron chi connectivity index (χ4n) is 5.33. The topological polar surface area (TPSA) is 9.23 Å². The lowest BCUT2D eigenvalue weighted by Gasteiger charge is -2.37. The Kier molecular flexibility index (Phi) is 8.45. The summed E-state index contributed by atoms with van der Waals surface area (Å²) in [6, 6.07) is 9.31. The molecule has 1 nitrogen and oxygen atoms in total.